The maximum Gasteiger partial charge on any atom is 0.307 e. The van der Waals surface area contributed by atoms with E-state index in [0.717, 1.165) is 29.5 Å². The number of carbonyl (C=O) groups is 1. The summed E-state index contributed by atoms with van der Waals surface area (Å²) >= 11 is 0. The predicted molar refractivity (Wildman–Crippen MR) is 123 cm³/mol. The van der Waals surface area contributed by atoms with Gasteiger partial charge in [0.2, 0.25) is 0 Å². The lowest BCUT2D eigenvalue weighted by Crippen LogP contribution is -2.21. The van der Waals surface area contributed by atoms with Gasteiger partial charge in [-0.2, -0.15) is 0 Å². The Bertz CT molecular complexity index is 1290. The van der Waals surface area contributed by atoms with Gasteiger partial charge in [0.15, 0.2) is 0 Å². The van der Waals surface area contributed by atoms with Gasteiger partial charge in [-0.1, -0.05) is 37.3 Å². The van der Waals surface area contributed by atoms with Crippen molar-refractivity contribution in [1.82, 2.24) is 9.97 Å². The van der Waals surface area contributed by atoms with Crippen LogP contribution >= 0.6 is 0 Å². The highest BCUT2D eigenvalue weighted by Crippen LogP contribution is 2.24. The topological polar surface area (TPSA) is 76.2 Å². The summed E-state index contributed by atoms with van der Waals surface area (Å²) in [5.74, 6) is -1.56. The molecule has 0 spiro atoms. The van der Waals surface area contributed by atoms with Gasteiger partial charge in [0, 0.05) is 31.2 Å². The van der Waals surface area contributed by atoms with E-state index >= 15 is 0 Å². The minimum absolute atomic E-state index is 0.0142. The van der Waals surface area contributed by atoms with Crippen LogP contribution in [0.3, 0.4) is 0 Å². The molecule has 1 N–H and O–H groups in total. The number of carboxylic acid groups (broad SMARTS) is 1. The van der Waals surface area contributed by atoms with Crippen LogP contribution in [0.25, 0.3) is 11.3 Å². The van der Waals surface area contributed by atoms with E-state index in [-0.39, 0.29) is 24.8 Å². The molecule has 0 aliphatic carbocycles. The highest BCUT2D eigenvalue weighted by molar-refractivity contribution is 5.70. The fourth-order valence-electron chi connectivity index (χ4n) is 3.82. The number of carboxylic acids is 1. The first-order chi connectivity index (χ1) is 16.4. The number of hydrogen-bond donors (Lipinski definition) is 1. The average molecular weight is 462 g/mol. The quantitative estimate of drug-likeness (QED) is 0.348. The summed E-state index contributed by atoms with van der Waals surface area (Å²) in [5.41, 5.74) is 2.36. The molecule has 7 heteroatoms. The molecule has 0 amide bonds. The average Bonchev–Trinajstić information content (AvgIpc) is 3.30. The van der Waals surface area contributed by atoms with Crippen LogP contribution in [0.5, 0.6) is 0 Å². The standard InChI is InChI=1S/C27H24F2N2O3/c1-2-21-9-10-22(34-21)13-19(27(32)33)15-24-25(14-18-12-20(28)8-11-23(18)29)31-26(16-30-24)17-6-4-3-5-7-17/h3-12,16,19H,2,13-15H2,1H3,(H,32,33). The normalized spacial score (nSPS) is 12.0. The molecule has 4 rings (SSSR count). The van der Waals surface area contributed by atoms with Crippen molar-refractivity contribution in [2.75, 3.05) is 0 Å². The van der Waals surface area contributed by atoms with Gasteiger partial charge in [-0.15, -0.1) is 0 Å². The van der Waals surface area contributed by atoms with Crippen LogP contribution in [0.15, 0.2) is 71.3 Å². The van der Waals surface area contributed by atoms with Gasteiger partial charge in [0.1, 0.15) is 23.2 Å². The van der Waals surface area contributed by atoms with Crippen molar-refractivity contribution in [1.29, 1.82) is 0 Å². The maximum absolute atomic E-state index is 14.4. The lowest BCUT2D eigenvalue weighted by atomic mass is 9.95. The Hall–Kier alpha value is -3.87. The molecular formula is C27H24F2N2O3. The third kappa shape index (κ3) is 5.54. The van der Waals surface area contributed by atoms with Gasteiger partial charge in [-0.3, -0.25) is 9.78 Å². The zero-order chi connectivity index (χ0) is 24.1. The molecule has 0 radical (unpaired) electrons. The number of aliphatic carboxylic acids is 1. The molecule has 0 saturated carbocycles. The fraction of sp³-hybridized carbons (Fsp3) is 0.222. The van der Waals surface area contributed by atoms with E-state index in [1.165, 1.54) is 0 Å². The molecule has 0 saturated heterocycles. The maximum atomic E-state index is 14.4. The summed E-state index contributed by atoms with van der Waals surface area (Å²) in [6, 6.07) is 16.2. The molecule has 2 heterocycles. The van der Waals surface area contributed by atoms with Gasteiger partial charge in [-0.05, 0) is 35.9 Å². The first-order valence-corrected chi connectivity index (χ1v) is 11.1. The van der Waals surface area contributed by atoms with Crippen molar-refractivity contribution in [2.24, 2.45) is 5.92 Å². The van der Waals surface area contributed by atoms with E-state index in [4.69, 9.17) is 4.42 Å². The first kappa shape index (κ1) is 23.3. The summed E-state index contributed by atoms with van der Waals surface area (Å²) in [5, 5.41) is 9.85. The number of benzene rings is 2. The van der Waals surface area contributed by atoms with Gasteiger partial charge in [0.25, 0.3) is 0 Å². The second kappa shape index (κ2) is 10.4. The van der Waals surface area contributed by atoms with E-state index in [9.17, 15) is 18.7 Å². The van der Waals surface area contributed by atoms with Gasteiger partial charge in [0.05, 0.1) is 29.2 Å². The van der Waals surface area contributed by atoms with Crippen LogP contribution in [-0.4, -0.2) is 21.0 Å². The monoisotopic (exact) mass is 462 g/mol. The van der Waals surface area contributed by atoms with Crippen molar-refractivity contribution in [3.8, 4) is 11.3 Å². The first-order valence-electron chi connectivity index (χ1n) is 11.1. The van der Waals surface area contributed by atoms with Crippen LogP contribution in [0.1, 0.15) is 35.4 Å². The lowest BCUT2D eigenvalue weighted by Gasteiger charge is -2.15. The van der Waals surface area contributed by atoms with Gasteiger partial charge < -0.3 is 9.52 Å². The van der Waals surface area contributed by atoms with Crippen LogP contribution in [0.4, 0.5) is 8.78 Å². The summed E-state index contributed by atoms with van der Waals surface area (Å²) < 4.78 is 33.9. The SMILES string of the molecule is CCc1ccc(CC(Cc2ncc(-c3ccccc3)nc2Cc2cc(F)ccc2F)C(=O)O)o1. The van der Waals surface area contributed by atoms with Crippen LogP contribution in [0, 0.1) is 17.6 Å². The smallest absolute Gasteiger partial charge is 0.307 e. The Kier molecular flexibility index (Phi) is 7.11. The van der Waals surface area contributed by atoms with Crippen LogP contribution < -0.4 is 0 Å². The van der Waals surface area contributed by atoms with Crippen LogP contribution in [0.2, 0.25) is 0 Å². The van der Waals surface area contributed by atoms with E-state index in [1.54, 1.807) is 12.3 Å². The van der Waals surface area contributed by atoms with E-state index in [2.05, 4.69) is 9.97 Å². The van der Waals surface area contributed by atoms with E-state index in [0.29, 0.717) is 29.3 Å². The number of halogens is 2. The van der Waals surface area contributed by atoms with Crippen molar-refractivity contribution in [3.05, 3.63) is 107 Å². The molecule has 0 fully saturated rings. The summed E-state index contributed by atoms with van der Waals surface area (Å²) in [4.78, 5) is 21.2. The molecule has 1 atom stereocenters. The largest absolute Gasteiger partial charge is 0.481 e. The Labute approximate surface area is 196 Å². The fourth-order valence-corrected chi connectivity index (χ4v) is 3.82. The molecule has 2 aromatic carbocycles. The second-order valence-corrected chi connectivity index (χ2v) is 8.09. The highest BCUT2D eigenvalue weighted by Gasteiger charge is 2.24. The molecule has 174 valence electrons. The molecule has 4 aromatic rings. The number of aryl methyl sites for hydroxylation is 1. The van der Waals surface area contributed by atoms with Crippen molar-refractivity contribution < 1.29 is 23.1 Å². The second-order valence-electron chi connectivity index (χ2n) is 8.09. The number of nitrogens with zero attached hydrogens (tertiary/aromatic N) is 2. The van der Waals surface area contributed by atoms with E-state index in [1.807, 2.05) is 43.3 Å². The molecule has 5 nitrogen and oxygen atoms in total. The molecule has 34 heavy (non-hydrogen) atoms. The summed E-state index contributed by atoms with van der Waals surface area (Å²) in [7, 11) is 0. The number of hydrogen-bond acceptors (Lipinski definition) is 4. The van der Waals surface area contributed by atoms with Crippen molar-refractivity contribution in [2.45, 2.75) is 32.6 Å². The number of furan rings is 1. The summed E-state index contributed by atoms with van der Waals surface area (Å²) in [6.45, 7) is 1.96. The minimum atomic E-state index is -0.994. The Balaban J connectivity index is 1.69. The molecule has 0 aliphatic heterocycles. The zero-order valence-electron chi connectivity index (χ0n) is 18.7. The molecule has 0 bridgehead atoms. The number of aromatic nitrogens is 2. The summed E-state index contributed by atoms with van der Waals surface area (Å²) in [6.07, 6.45) is 2.54. The van der Waals surface area contributed by atoms with Gasteiger partial charge >= 0.3 is 5.97 Å². The Morgan fingerprint density at radius 2 is 1.76 bits per heavy atom. The predicted octanol–water partition coefficient (Wildman–Crippen LogP) is 5.65. The van der Waals surface area contributed by atoms with Gasteiger partial charge in [-0.25, -0.2) is 13.8 Å². The van der Waals surface area contributed by atoms with Crippen LogP contribution in [-0.2, 0) is 30.5 Å². The third-order valence-electron chi connectivity index (χ3n) is 5.67. The van der Waals surface area contributed by atoms with Crippen molar-refractivity contribution >= 4 is 5.97 Å². The highest BCUT2D eigenvalue weighted by atomic mass is 19.1. The number of rotatable bonds is 9. The zero-order valence-corrected chi connectivity index (χ0v) is 18.7. The third-order valence-corrected chi connectivity index (χ3v) is 5.67. The van der Waals surface area contributed by atoms with E-state index < -0.39 is 23.5 Å². The molecular weight excluding hydrogens is 438 g/mol. The minimum Gasteiger partial charge on any atom is -0.481 e. The molecule has 1 unspecified atom stereocenters. The lowest BCUT2D eigenvalue weighted by molar-refractivity contribution is -0.141. The molecule has 0 aliphatic rings. The van der Waals surface area contributed by atoms with Crippen molar-refractivity contribution in [3.63, 3.8) is 0 Å². The Morgan fingerprint density at radius 3 is 2.47 bits per heavy atom. The molecule has 2 aromatic heterocycles. The Morgan fingerprint density at radius 1 is 1.00 bits per heavy atom.